The van der Waals surface area contributed by atoms with E-state index in [1.54, 1.807) is 18.2 Å². The van der Waals surface area contributed by atoms with Crippen LogP contribution >= 0.6 is 0 Å². The molecule has 0 saturated carbocycles. The van der Waals surface area contributed by atoms with E-state index in [0.29, 0.717) is 29.6 Å². The lowest BCUT2D eigenvalue weighted by Gasteiger charge is -2.32. The average Bonchev–Trinajstić information content (AvgIpc) is 3.25. The molecule has 2 aliphatic rings. The Hall–Kier alpha value is -3.06. The van der Waals surface area contributed by atoms with Crippen LogP contribution < -0.4 is 20.1 Å². The third-order valence-corrected chi connectivity index (χ3v) is 5.65. The highest BCUT2D eigenvalue weighted by molar-refractivity contribution is 6.39. The first-order valence-electron chi connectivity index (χ1n) is 10.4. The predicted molar refractivity (Wildman–Crippen MR) is 114 cm³/mol. The Bertz CT molecular complexity index is 879. The van der Waals surface area contributed by atoms with E-state index in [-0.39, 0.29) is 6.79 Å². The number of anilines is 1. The molecule has 2 N–H and O–H groups in total. The number of likely N-dealkylation sites (tertiary alicyclic amines) is 1. The van der Waals surface area contributed by atoms with Crippen molar-refractivity contribution < 1.29 is 19.1 Å². The van der Waals surface area contributed by atoms with Gasteiger partial charge in [0.25, 0.3) is 0 Å². The normalized spacial score (nSPS) is 16.3. The number of ether oxygens (including phenoxy) is 2. The number of nitrogens with one attached hydrogen (secondary N) is 2. The van der Waals surface area contributed by atoms with Crippen molar-refractivity contribution in [1.82, 2.24) is 10.2 Å². The zero-order valence-electron chi connectivity index (χ0n) is 16.9. The number of piperidine rings is 1. The monoisotopic (exact) mass is 409 g/mol. The second kappa shape index (κ2) is 9.63. The number of rotatable bonds is 6. The first-order valence-corrected chi connectivity index (χ1v) is 10.4. The van der Waals surface area contributed by atoms with E-state index in [1.165, 1.54) is 5.56 Å². The summed E-state index contributed by atoms with van der Waals surface area (Å²) in [6, 6.07) is 15.6. The Morgan fingerprint density at radius 1 is 0.967 bits per heavy atom. The summed E-state index contributed by atoms with van der Waals surface area (Å²) in [5.41, 5.74) is 1.87. The third kappa shape index (κ3) is 5.30. The highest BCUT2D eigenvalue weighted by Gasteiger charge is 2.22. The third-order valence-electron chi connectivity index (χ3n) is 5.65. The Morgan fingerprint density at radius 3 is 2.53 bits per heavy atom. The summed E-state index contributed by atoms with van der Waals surface area (Å²) in [4.78, 5) is 26.8. The van der Waals surface area contributed by atoms with Crippen molar-refractivity contribution in [2.75, 3.05) is 38.3 Å². The lowest BCUT2D eigenvalue weighted by atomic mass is 9.96. The highest BCUT2D eigenvalue weighted by atomic mass is 16.7. The molecule has 1 fully saturated rings. The van der Waals surface area contributed by atoms with Gasteiger partial charge in [0.05, 0.1) is 0 Å². The number of carbonyl (C=O) groups is 2. The largest absolute Gasteiger partial charge is 0.454 e. The lowest BCUT2D eigenvalue weighted by Crippen LogP contribution is -2.42. The minimum Gasteiger partial charge on any atom is -0.454 e. The van der Waals surface area contributed by atoms with Crippen LogP contribution in [0.5, 0.6) is 11.5 Å². The lowest BCUT2D eigenvalue weighted by molar-refractivity contribution is -0.136. The zero-order chi connectivity index (χ0) is 20.8. The van der Waals surface area contributed by atoms with Gasteiger partial charge in [-0.05, 0) is 56.0 Å². The van der Waals surface area contributed by atoms with Gasteiger partial charge in [0.2, 0.25) is 6.79 Å². The topological polar surface area (TPSA) is 79.9 Å². The molecule has 0 aromatic heterocycles. The molecule has 7 nitrogen and oxygen atoms in total. The van der Waals surface area contributed by atoms with E-state index >= 15 is 0 Å². The van der Waals surface area contributed by atoms with Crippen LogP contribution in [0.15, 0.2) is 48.5 Å². The molecule has 2 heterocycles. The van der Waals surface area contributed by atoms with Crippen LogP contribution in [0.25, 0.3) is 0 Å². The molecule has 2 aromatic carbocycles. The molecule has 1 saturated heterocycles. The maximum atomic E-state index is 12.2. The molecule has 0 aliphatic carbocycles. The van der Waals surface area contributed by atoms with Gasteiger partial charge in [-0.15, -0.1) is 0 Å². The Kier molecular flexibility index (Phi) is 6.49. The molecule has 0 spiro atoms. The fourth-order valence-corrected chi connectivity index (χ4v) is 3.83. The predicted octanol–water partition coefficient (Wildman–Crippen LogP) is 2.42. The standard InChI is InChI=1S/C23H27N3O4/c27-22(23(28)25-19-6-7-20-21(14-19)30-16-29-20)24-15-18-9-12-26(13-10-18)11-8-17-4-2-1-3-5-17/h1-7,14,18H,8-13,15-16H2,(H,24,27)(H,25,28). The van der Waals surface area contributed by atoms with Gasteiger partial charge in [-0.1, -0.05) is 30.3 Å². The van der Waals surface area contributed by atoms with Crippen LogP contribution in [0.1, 0.15) is 18.4 Å². The number of carbonyl (C=O) groups excluding carboxylic acids is 2. The maximum Gasteiger partial charge on any atom is 0.313 e. The fourth-order valence-electron chi connectivity index (χ4n) is 3.83. The van der Waals surface area contributed by atoms with Crippen LogP contribution in [0.4, 0.5) is 5.69 Å². The first-order chi connectivity index (χ1) is 14.7. The molecule has 0 unspecified atom stereocenters. The van der Waals surface area contributed by atoms with E-state index in [1.807, 2.05) is 6.07 Å². The summed E-state index contributed by atoms with van der Waals surface area (Å²) >= 11 is 0. The molecular weight excluding hydrogens is 382 g/mol. The van der Waals surface area contributed by atoms with E-state index in [4.69, 9.17) is 9.47 Å². The van der Waals surface area contributed by atoms with Gasteiger partial charge in [-0.2, -0.15) is 0 Å². The van der Waals surface area contributed by atoms with Gasteiger partial charge in [-0.3, -0.25) is 9.59 Å². The molecule has 0 atom stereocenters. The van der Waals surface area contributed by atoms with Crippen LogP contribution in [0, 0.1) is 5.92 Å². The van der Waals surface area contributed by atoms with Gasteiger partial charge in [0, 0.05) is 24.8 Å². The van der Waals surface area contributed by atoms with Crippen molar-refractivity contribution in [3.63, 3.8) is 0 Å². The zero-order valence-corrected chi connectivity index (χ0v) is 16.9. The molecule has 7 heteroatoms. The second-order valence-electron chi connectivity index (χ2n) is 7.75. The quantitative estimate of drug-likeness (QED) is 0.717. The summed E-state index contributed by atoms with van der Waals surface area (Å²) in [5.74, 6) is 0.313. The second-order valence-corrected chi connectivity index (χ2v) is 7.75. The van der Waals surface area contributed by atoms with Gasteiger partial charge in [0.15, 0.2) is 11.5 Å². The van der Waals surface area contributed by atoms with Gasteiger partial charge in [-0.25, -0.2) is 0 Å². The molecule has 158 valence electrons. The van der Waals surface area contributed by atoms with Crippen molar-refractivity contribution in [1.29, 1.82) is 0 Å². The van der Waals surface area contributed by atoms with Crippen molar-refractivity contribution in [3.8, 4) is 11.5 Å². The molecule has 0 radical (unpaired) electrons. The SMILES string of the molecule is O=C(NCC1CCN(CCc2ccccc2)CC1)C(=O)Nc1ccc2c(c1)OCO2. The van der Waals surface area contributed by atoms with Crippen molar-refractivity contribution >= 4 is 17.5 Å². The molecule has 0 bridgehead atoms. The minimum absolute atomic E-state index is 0.165. The number of hydrogen-bond donors (Lipinski definition) is 2. The van der Waals surface area contributed by atoms with Crippen LogP contribution in [0.2, 0.25) is 0 Å². The summed E-state index contributed by atoms with van der Waals surface area (Å²) < 4.78 is 10.5. The van der Waals surface area contributed by atoms with Gasteiger partial charge >= 0.3 is 11.8 Å². The molecule has 30 heavy (non-hydrogen) atoms. The molecular formula is C23H27N3O4. The molecule has 2 aliphatic heterocycles. The van der Waals surface area contributed by atoms with Crippen molar-refractivity contribution in [2.24, 2.45) is 5.92 Å². The average molecular weight is 409 g/mol. The maximum absolute atomic E-state index is 12.2. The van der Waals surface area contributed by atoms with Crippen LogP contribution in [0.3, 0.4) is 0 Å². The molecule has 4 rings (SSSR count). The van der Waals surface area contributed by atoms with Gasteiger partial charge in [0.1, 0.15) is 0 Å². The van der Waals surface area contributed by atoms with Gasteiger partial charge < -0.3 is 25.0 Å². The smallest absolute Gasteiger partial charge is 0.313 e. The Balaban J connectivity index is 1.15. The van der Waals surface area contributed by atoms with E-state index in [2.05, 4.69) is 39.8 Å². The number of nitrogens with zero attached hydrogens (tertiary/aromatic N) is 1. The van der Waals surface area contributed by atoms with Crippen LogP contribution in [-0.2, 0) is 16.0 Å². The molecule has 2 amide bonds. The summed E-state index contributed by atoms with van der Waals surface area (Å²) in [6.07, 6.45) is 3.11. The Labute approximate surface area is 176 Å². The minimum atomic E-state index is -0.672. The first kappa shape index (κ1) is 20.2. The van der Waals surface area contributed by atoms with Crippen molar-refractivity contribution in [3.05, 3.63) is 54.1 Å². The number of amides is 2. The highest BCUT2D eigenvalue weighted by Crippen LogP contribution is 2.34. The molecule has 2 aromatic rings. The Morgan fingerprint density at radius 2 is 1.73 bits per heavy atom. The van der Waals surface area contributed by atoms with Crippen LogP contribution in [-0.4, -0.2) is 49.7 Å². The summed E-state index contributed by atoms with van der Waals surface area (Å²) in [7, 11) is 0. The van der Waals surface area contributed by atoms with Crippen molar-refractivity contribution in [2.45, 2.75) is 19.3 Å². The number of fused-ring (bicyclic) bond motifs is 1. The summed E-state index contributed by atoms with van der Waals surface area (Å²) in [5, 5.41) is 5.38. The number of benzene rings is 2. The van der Waals surface area contributed by atoms with E-state index < -0.39 is 11.8 Å². The van der Waals surface area contributed by atoms with E-state index in [9.17, 15) is 9.59 Å². The fraction of sp³-hybridized carbons (Fsp3) is 0.391. The number of hydrogen-bond acceptors (Lipinski definition) is 5. The van der Waals surface area contributed by atoms with E-state index in [0.717, 1.165) is 38.9 Å². The summed E-state index contributed by atoms with van der Waals surface area (Å²) in [6.45, 7) is 3.80.